The summed E-state index contributed by atoms with van der Waals surface area (Å²) < 4.78 is 0. The summed E-state index contributed by atoms with van der Waals surface area (Å²) in [4.78, 5) is 11.5. The number of hydrogen-bond donors (Lipinski definition) is 1. The Kier molecular flexibility index (Phi) is 4.04. The number of rotatable bonds is 5. The Morgan fingerprint density at radius 2 is 2.31 bits per heavy atom. The number of carbonyl (C=O) groups is 1. The summed E-state index contributed by atoms with van der Waals surface area (Å²) in [6.07, 6.45) is 2.91. The highest BCUT2D eigenvalue weighted by Gasteiger charge is 2.39. The van der Waals surface area contributed by atoms with Gasteiger partial charge in [0.25, 0.3) is 0 Å². The highest BCUT2D eigenvalue weighted by Crippen LogP contribution is 2.37. The predicted molar refractivity (Wildman–Crippen MR) is 54.8 cm³/mol. The average molecular weight is 204 g/mol. The van der Waals surface area contributed by atoms with Crippen LogP contribution < -0.4 is 5.32 Å². The van der Waals surface area contributed by atoms with Crippen LogP contribution in [-0.4, -0.2) is 17.8 Å². The van der Waals surface area contributed by atoms with Crippen molar-refractivity contribution in [2.75, 3.05) is 5.88 Å². The van der Waals surface area contributed by atoms with Gasteiger partial charge in [-0.15, -0.1) is 11.6 Å². The number of alkyl halides is 1. The van der Waals surface area contributed by atoms with Crippen molar-refractivity contribution in [1.82, 2.24) is 5.32 Å². The Balaban J connectivity index is 2.24. The molecule has 1 aliphatic rings. The molecule has 0 aromatic rings. The Morgan fingerprint density at radius 1 is 1.69 bits per heavy atom. The van der Waals surface area contributed by atoms with Gasteiger partial charge in [-0.05, 0) is 25.2 Å². The van der Waals surface area contributed by atoms with Gasteiger partial charge in [0.15, 0.2) is 0 Å². The lowest BCUT2D eigenvalue weighted by molar-refractivity contribution is -0.123. The molecule has 0 aromatic carbocycles. The molecule has 0 bridgehead atoms. The summed E-state index contributed by atoms with van der Waals surface area (Å²) in [5.41, 5.74) is 0. The summed E-state index contributed by atoms with van der Waals surface area (Å²) in [6.45, 7) is 4.20. The summed E-state index contributed by atoms with van der Waals surface area (Å²) in [5.74, 6) is 1.72. The first-order valence-electron chi connectivity index (χ1n) is 5.05. The van der Waals surface area contributed by atoms with Crippen LogP contribution in [0.1, 0.15) is 33.1 Å². The number of hydrogen-bond acceptors (Lipinski definition) is 1. The first-order valence-corrected chi connectivity index (χ1v) is 5.58. The molecule has 1 rings (SSSR count). The van der Waals surface area contributed by atoms with Crippen molar-refractivity contribution in [2.45, 2.75) is 39.2 Å². The standard InChI is InChI=1S/C10H18ClNO/c1-3-8(4-5-11)12-10(13)9-6-7(9)2/h7-9H,3-6H2,1-2H3,(H,12,13). The second-order valence-electron chi connectivity index (χ2n) is 3.91. The molecule has 1 saturated carbocycles. The number of halogens is 1. The second-order valence-corrected chi connectivity index (χ2v) is 4.29. The molecule has 1 N–H and O–H groups in total. The fourth-order valence-corrected chi connectivity index (χ4v) is 1.77. The van der Waals surface area contributed by atoms with Crippen LogP contribution in [0.4, 0.5) is 0 Å². The highest BCUT2D eigenvalue weighted by atomic mass is 35.5. The van der Waals surface area contributed by atoms with Gasteiger partial charge in [0.2, 0.25) is 5.91 Å². The van der Waals surface area contributed by atoms with Crippen molar-refractivity contribution < 1.29 is 4.79 Å². The Morgan fingerprint density at radius 3 is 2.69 bits per heavy atom. The molecule has 3 unspecified atom stereocenters. The van der Waals surface area contributed by atoms with Gasteiger partial charge in [0.1, 0.15) is 0 Å². The van der Waals surface area contributed by atoms with E-state index in [1.165, 1.54) is 0 Å². The normalized spacial score (nSPS) is 28.2. The van der Waals surface area contributed by atoms with Gasteiger partial charge in [-0.3, -0.25) is 4.79 Å². The van der Waals surface area contributed by atoms with E-state index in [1.54, 1.807) is 0 Å². The largest absolute Gasteiger partial charge is 0.353 e. The van der Waals surface area contributed by atoms with Crippen LogP contribution in [0.3, 0.4) is 0 Å². The fourth-order valence-electron chi connectivity index (χ4n) is 1.51. The topological polar surface area (TPSA) is 29.1 Å². The second kappa shape index (κ2) is 4.85. The molecular weight excluding hydrogens is 186 g/mol. The van der Waals surface area contributed by atoms with E-state index in [0.29, 0.717) is 11.8 Å². The van der Waals surface area contributed by atoms with Crippen LogP contribution in [0.25, 0.3) is 0 Å². The van der Waals surface area contributed by atoms with Crippen molar-refractivity contribution in [3.63, 3.8) is 0 Å². The van der Waals surface area contributed by atoms with E-state index < -0.39 is 0 Å². The molecule has 1 aliphatic carbocycles. The first kappa shape index (κ1) is 10.8. The van der Waals surface area contributed by atoms with Crippen molar-refractivity contribution in [3.05, 3.63) is 0 Å². The van der Waals surface area contributed by atoms with Gasteiger partial charge in [-0.25, -0.2) is 0 Å². The first-order chi connectivity index (χ1) is 6.19. The van der Waals surface area contributed by atoms with E-state index in [4.69, 9.17) is 11.6 Å². The molecule has 0 radical (unpaired) electrons. The zero-order valence-electron chi connectivity index (χ0n) is 8.35. The third kappa shape index (κ3) is 3.18. The third-order valence-electron chi connectivity index (χ3n) is 2.74. The van der Waals surface area contributed by atoms with Crippen LogP contribution >= 0.6 is 11.6 Å². The molecule has 1 fully saturated rings. The van der Waals surface area contributed by atoms with E-state index in [1.807, 2.05) is 0 Å². The van der Waals surface area contributed by atoms with Crippen molar-refractivity contribution in [1.29, 1.82) is 0 Å². The third-order valence-corrected chi connectivity index (χ3v) is 2.96. The Labute approximate surface area is 85.0 Å². The average Bonchev–Trinajstić information content (AvgIpc) is 2.82. The van der Waals surface area contributed by atoms with E-state index in [0.717, 1.165) is 19.3 Å². The summed E-state index contributed by atoms with van der Waals surface area (Å²) in [5, 5.41) is 3.04. The van der Waals surface area contributed by atoms with E-state index in [2.05, 4.69) is 19.2 Å². The van der Waals surface area contributed by atoms with Gasteiger partial charge in [0.05, 0.1) is 0 Å². The minimum atomic E-state index is 0.226. The summed E-state index contributed by atoms with van der Waals surface area (Å²) >= 11 is 5.63. The molecule has 1 amide bonds. The van der Waals surface area contributed by atoms with Crippen LogP contribution in [0.2, 0.25) is 0 Å². The van der Waals surface area contributed by atoms with Crippen LogP contribution in [0, 0.1) is 11.8 Å². The number of carbonyl (C=O) groups excluding carboxylic acids is 1. The van der Waals surface area contributed by atoms with Crippen LogP contribution in [0.5, 0.6) is 0 Å². The van der Waals surface area contributed by atoms with Gasteiger partial charge in [-0.1, -0.05) is 13.8 Å². The SMILES string of the molecule is CCC(CCCl)NC(=O)C1CC1C. The monoisotopic (exact) mass is 203 g/mol. The molecule has 0 saturated heterocycles. The molecule has 76 valence electrons. The molecule has 0 aliphatic heterocycles. The molecule has 0 spiro atoms. The molecule has 3 atom stereocenters. The summed E-state index contributed by atoms with van der Waals surface area (Å²) in [7, 11) is 0. The van der Waals surface area contributed by atoms with Gasteiger partial charge >= 0.3 is 0 Å². The fraction of sp³-hybridized carbons (Fsp3) is 0.900. The number of nitrogens with one attached hydrogen (secondary N) is 1. The highest BCUT2D eigenvalue weighted by molar-refractivity contribution is 6.17. The quantitative estimate of drug-likeness (QED) is 0.682. The molecule has 13 heavy (non-hydrogen) atoms. The minimum Gasteiger partial charge on any atom is -0.353 e. The van der Waals surface area contributed by atoms with Gasteiger partial charge in [0, 0.05) is 17.8 Å². The lowest BCUT2D eigenvalue weighted by Gasteiger charge is -2.15. The van der Waals surface area contributed by atoms with Crippen LogP contribution in [0.15, 0.2) is 0 Å². The summed E-state index contributed by atoms with van der Waals surface area (Å²) in [6, 6.07) is 0.276. The molecular formula is C10H18ClNO. The van der Waals surface area contributed by atoms with E-state index in [-0.39, 0.29) is 17.9 Å². The van der Waals surface area contributed by atoms with Crippen molar-refractivity contribution in [2.24, 2.45) is 11.8 Å². The zero-order valence-corrected chi connectivity index (χ0v) is 9.10. The van der Waals surface area contributed by atoms with Crippen molar-refractivity contribution >= 4 is 17.5 Å². The van der Waals surface area contributed by atoms with E-state index in [9.17, 15) is 4.79 Å². The Hall–Kier alpha value is -0.240. The Bertz CT molecular complexity index is 184. The predicted octanol–water partition coefficient (Wildman–Crippen LogP) is 2.17. The molecule has 2 nitrogen and oxygen atoms in total. The van der Waals surface area contributed by atoms with Crippen molar-refractivity contribution in [3.8, 4) is 0 Å². The number of amides is 1. The van der Waals surface area contributed by atoms with Crippen LogP contribution in [-0.2, 0) is 4.79 Å². The lowest BCUT2D eigenvalue weighted by Crippen LogP contribution is -2.36. The van der Waals surface area contributed by atoms with Gasteiger partial charge < -0.3 is 5.32 Å². The van der Waals surface area contributed by atoms with E-state index >= 15 is 0 Å². The molecule has 0 aromatic heterocycles. The maximum atomic E-state index is 11.5. The minimum absolute atomic E-state index is 0.226. The smallest absolute Gasteiger partial charge is 0.223 e. The maximum absolute atomic E-state index is 11.5. The molecule has 0 heterocycles. The lowest BCUT2D eigenvalue weighted by atomic mass is 10.1. The maximum Gasteiger partial charge on any atom is 0.223 e. The molecule has 3 heteroatoms. The zero-order chi connectivity index (χ0) is 9.84. The van der Waals surface area contributed by atoms with Gasteiger partial charge in [-0.2, -0.15) is 0 Å².